The molecule has 106 valence electrons. The van der Waals surface area contributed by atoms with Gasteiger partial charge in [0.1, 0.15) is 5.75 Å². The summed E-state index contributed by atoms with van der Waals surface area (Å²) in [5.74, 6) is 1.76. The van der Waals surface area contributed by atoms with Gasteiger partial charge in [0.15, 0.2) is 0 Å². The molecule has 0 amide bonds. The molecule has 0 aliphatic carbocycles. The molecule has 1 aromatic carbocycles. The number of piperidine rings is 1. The molecule has 2 atom stereocenters. The molecule has 1 aliphatic heterocycles. The summed E-state index contributed by atoms with van der Waals surface area (Å²) >= 11 is 0. The summed E-state index contributed by atoms with van der Waals surface area (Å²) < 4.78 is 5.44. The number of nitrogens with zero attached hydrogens (tertiary/aromatic N) is 1. The normalized spacial score (nSPS) is 24.4. The van der Waals surface area contributed by atoms with Gasteiger partial charge in [-0.1, -0.05) is 31.5 Å². The van der Waals surface area contributed by atoms with Crippen LogP contribution < -0.4 is 10.1 Å². The first-order valence-electron chi connectivity index (χ1n) is 7.30. The van der Waals surface area contributed by atoms with E-state index in [1.54, 1.807) is 7.11 Å². The Morgan fingerprint density at radius 2 is 2.16 bits per heavy atom. The zero-order chi connectivity index (χ0) is 13.7. The standard InChI is InChI=1S/C16H26N2O/c1-4-13-11-18(10-9-15(13)17-2)12-14-7-5-6-8-16(14)19-3/h5-8,13,15,17H,4,9-12H2,1-3H3. The van der Waals surface area contributed by atoms with Crippen LogP contribution in [-0.4, -0.2) is 38.2 Å². The highest BCUT2D eigenvalue weighted by atomic mass is 16.5. The molecule has 0 aromatic heterocycles. The summed E-state index contributed by atoms with van der Waals surface area (Å²) in [6.07, 6.45) is 2.48. The molecule has 1 saturated heterocycles. The molecule has 3 heteroatoms. The molecule has 0 saturated carbocycles. The van der Waals surface area contributed by atoms with Gasteiger partial charge in [-0.25, -0.2) is 0 Å². The summed E-state index contributed by atoms with van der Waals surface area (Å²) in [5.41, 5.74) is 1.29. The summed E-state index contributed by atoms with van der Waals surface area (Å²) in [6.45, 7) is 5.64. The van der Waals surface area contributed by atoms with E-state index in [-0.39, 0.29) is 0 Å². The molecule has 0 spiro atoms. The SMILES string of the molecule is CCC1CN(Cc2ccccc2OC)CCC1NC. The summed E-state index contributed by atoms with van der Waals surface area (Å²) in [6, 6.07) is 9.02. The van der Waals surface area contributed by atoms with E-state index in [1.807, 2.05) is 12.1 Å². The molecule has 0 radical (unpaired) electrons. The number of rotatable bonds is 5. The molecule has 0 bridgehead atoms. The second kappa shape index (κ2) is 6.92. The number of nitrogens with one attached hydrogen (secondary N) is 1. The lowest BCUT2D eigenvalue weighted by molar-refractivity contribution is 0.131. The molecule has 19 heavy (non-hydrogen) atoms. The van der Waals surface area contributed by atoms with Gasteiger partial charge in [0.25, 0.3) is 0 Å². The summed E-state index contributed by atoms with van der Waals surface area (Å²) in [4.78, 5) is 2.56. The smallest absolute Gasteiger partial charge is 0.123 e. The van der Waals surface area contributed by atoms with Crippen molar-refractivity contribution in [2.75, 3.05) is 27.2 Å². The van der Waals surface area contributed by atoms with Crippen LogP contribution in [0.4, 0.5) is 0 Å². The molecule has 1 aliphatic rings. The van der Waals surface area contributed by atoms with E-state index < -0.39 is 0 Å². The fraction of sp³-hybridized carbons (Fsp3) is 0.625. The zero-order valence-electron chi connectivity index (χ0n) is 12.4. The molecule has 1 heterocycles. The maximum absolute atomic E-state index is 5.44. The third-order valence-corrected chi connectivity index (χ3v) is 4.30. The van der Waals surface area contributed by atoms with Crippen molar-refractivity contribution < 1.29 is 4.74 Å². The largest absolute Gasteiger partial charge is 0.496 e. The second-order valence-corrected chi connectivity index (χ2v) is 5.40. The Morgan fingerprint density at radius 3 is 2.84 bits per heavy atom. The maximum Gasteiger partial charge on any atom is 0.123 e. The average molecular weight is 262 g/mol. The Morgan fingerprint density at radius 1 is 1.37 bits per heavy atom. The van der Waals surface area contributed by atoms with Crippen molar-refractivity contribution in [3.8, 4) is 5.75 Å². The number of methoxy groups -OCH3 is 1. The van der Waals surface area contributed by atoms with E-state index in [0.717, 1.165) is 18.2 Å². The van der Waals surface area contributed by atoms with E-state index in [9.17, 15) is 0 Å². The highest BCUT2D eigenvalue weighted by Gasteiger charge is 2.27. The van der Waals surface area contributed by atoms with Gasteiger partial charge in [-0.3, -0.25) is 4.90 Å². The Labute approximate surface area is 116 Å². The predicted molar refractivity (Wildman–Crippen MR) is 79.5 cm³/mol. The third-order valence-electron chi connectivity index (χ3n) is 4.30. The minimum absolute atomic E-state index is 0.680. The van der Waals surface area contributed by atoms with Crippen LogP contribution in [0.2, 0.25) is 0 Å². The minimum atomic E-state index is 0.680. The van der Waals surface area contributed by atoms with Crippen LogP contribution >= 0.6 is 0 Å². The third kappa shape index (κ3) is 3.48. The van der Waals surface area contributed by atoms with Gasteiger partial charge in [0, 0.05) is 24.7 Å². The first-order chi connectivity index (χ1) is 9.28. The highest BCUT2D eigenvalue weighted by Crippen LogP contribution is 2.24. The molecule has 2 rings (SSSR count). The molecule has 3 nitrogen and oxygen atoms in total. The van der Waals surface area contributed by atoms with Gasteiger partial charge in [-0.2, -0.15) is 0 Å². The van der Waals surface area contributed by atoms with Gasteiger partial charge in [-0.15, -0.1) is 0 Å². The Hall–Kier alpha value is -1.06. The van der Waals surface area contributed by atoms with E-state index >= 15 is 0 Å². The molecule has 1 aromatic rings. The summed E-state index contributed by atoms with van der Waals surface area (Å²) in [7, 11) is 3.84. The monoisotopic (exact) mass is 262 g/mol. The van der Waals surface area contributed by atoms with Crippen LogP contribution in [0.25, 0.3) is 0 Å². The molecule has 1 N–H and O–H groups in total. The van der Waals surface area contributed by atoms with Gasteiger partial charge in [0.2, 0.25) is 0 Å². The van der Waals surface area contributed by atoms with Crippen molar-refractivity contribution in [3.05, 3.63) is 29.8 Å². The fourth-order valence-electron chi connectivity index (χ4n) is 3.12. The lowest BCUT2D eigenvalue weighted by atomic mass is 9.90. The lowest BCUT2D eigenvalue weighted by Crippen LogP contribution is -2.47. The van der Waals surface area contributed by atoms with Gasteiger partial charge in [0.05, 0.1) is 7.11 Å². The van der Waals surface area contributed by atoms with Crippen molar-refractivity contribution in [1.29, 1.82) is 0 Å². The van der Waals surface area contributed by atoms with E-state index in [4.69, 9.17) is 4.74 Å². The van der Waals surface area contributed by atoms with Crippen LogP contribution in [0.3, 0.4) is 0 Å². The number of hydrogen-bond acceptors (Lipinski definition) is 3. The lowest BCUT2D eigenvalue weighted by Gasteiger charge is -2.38. The maximum atomic E-state index is 5.44. The van der Waals surface area contributed by atoms with Crippen molar-refractivity contribution in [2.24, 2.45) is 5.92 Å². The van der Waals surface area contributed by atoms with Gasteiger partial charge >= 0.3 is 0 Å². The van der Waals surface area contributed by atoms with E-state index in [0.29, 0.717) is 6.04 Å². The Bertz CT molecular complexity index is 394. The zero-order valence-corrected chi connectivity index (χ0v) is 12.4. The van der Waals surface area contributed by atoms with Gasteiger partial charge < -0.3 is 10.1 Å². The topological polar surface area (TPSA) is 24.5 Å². The van der Waals surface area contributed by atoms with Crippen molar-refractivity contribution >= 4 is 0 Å². The second-order valence-electron chi connectivity index (χ2n) is 5.40. The molecular formula is C16H26N2O. The number of ether oxygens (including phenoxy) is 1. The first kappa shape index (κ1) is 14.4. The molecule has 1 fully saturated rings. The Balaban J connectivity index is 2.00. The van der Waals surface area contributed by atoms with Crippen LogP contribution in [0.15, 0.2) is 24.3 Å². The quantitative estimate of drug-likeness (QED) is 0.882. The van der Waals surface area contributed by atoms with Crippen molar-refractivity contribution in [1.82, 2.24) is 10.2 Å². The number of benzene rings is 1. The van der Waals surface area contributed by atoms with E-state index in [1.165, 1.54) is 31.5 Å². The van der Waals surface area contributed by atoms with Crippen LogP contribution in [0, 0.1) is 5.92 Å². The predicted octanol–water partition coefficient (Wildman–Crippen LogP) is 2.52. The summed E-state index contributed by atoms with van der Waals surface area (Å²) in [5, 5.41) is 3.46. The van der Waals surface area contributed by atoms with Crippen molar-refractivity contribution in [2.45, 2.75) is 32.4 Å². The average Bonchev–Trinajstić information content (AvgIpc) is 2.47. The number of para-hydroxylation sites is 1. The van der Waals surface area contributed by atoms with Crippen molar-refractivity contribution in [3.63, 3.8) is 0 Å². The highest BCUT2D eigenvalue weighted by molar-refractivity contribution is 5.33. The van der Waals surface area contributed by atoms with Crippen LogP contribution in [0.5, 0.6) is 5.75 Å². The Kier molecular flexibility index (Phi) is 5.23. The van der Waals surface area contributed by atoms with Crippen LogP contribution in [0.1, 0.15) is 25.3 Å². The van der Waals surface area contributed by atoms with Crippen LogP contribution in [-0.2, 0) is 6.54 Å². The molecular weight excluding hydrogens is 236 g/mol. The van der Waals surface area contributed by atoms with E-state index in [2.05, 4.69) is 36.3 Å². The molecule has 2 unspecified atom stereocenters. The minimum Gasteiger partial charge on any atom is -0.496 e. The van der Waals surface area contributed by atoms with Gasteiger partial charge in [-0.05, 0) is 32.0 Å². The first-order valence-corrected chi connectivity index (χ1v) is 7.30. The fourth-order valence-corrected chi connectivity index (χ4v) is 3.12. The number of hydrogen-bond donors (Lipinski definition) is 1. The number of likely N-dealkylation sites (tertiary alicyclic amines) is 1.